The number of pyridine rings is 1. The lowest BCUT2D eigenvalue weighted by atomic mass is 10.0. The van der Waals surface area contributed by atoms with Crippen LogP contribution in [-0.4, -0.2) is 29.2 Å². The summed E-state index contributed by atoms with van der Waals surface area (Å²) in [5.74, 6) is -0.243. The number of carbonyl (C=O) groups is 1. The third kappa shape index (κ3) is 4.03. The van der Waals surface area contributed by atoms with E-state index in [1.54, 1.807) is 19.4 Å². The molecule has 0 aliphatic carbocycles. The van der Waals surface area contributed by atoms with Crippen LogP contribution in [0.3, 0.4) is 0 Å². The van der Waals surface area contributed by atoms with Gasteiger partial charge in [-0.05, 0) is 11.5 Å². The highest BCUT2D eigenvalue weighted by Gasteiger charge is 2.20. The summed E-state index contributed by atoms with van der Waals surface area (Å²) in [5.41, 5.74) is 0.928. The van der Waals surface area contributed by atoms with E-state index in [2.05, 4.69) is 10.3 Å². The predicted octanol–water partition coefficient (Wildman–Crippen LogP) is 1.29. The normalized spacial score (nSPS) is 12.5. The van der Waals surface area contributed by atoms with E-state index in [0.29, 0.717) is 12.4 Å². The van der Waals surface area contributed by atoms with Gasteiger partial charge in [0.15, 0.2) is 0 Å². The largest absolute Gasteiger partial charge is 0.481 e. The van der Waals surface area contributed by atoms with Crippen LogP contribution in [0.4, 0.5) is 0 Å². The molecule has 1 atom stereocenters. The molecule has 0 saturated heterocycles. The minimum absolute atomic E-state index is 0.0405. The van der Waals surface area contributed by atoms with Crippen molar-refractivity contribution >= 4 is 5.97 Å². The van der Waals surface area contributed by atoms with E-state index < -0.39 is 12.0 Å². The van der Waals surface area contributed by atoms with Gasteiger partial charge in [0.25, 0.3) is 0 Å². The maximum absolute atomic E-state index is 11.0. The van der Waals surface area contributed by atoms with E-state index in [1.165, 1.54) is 0 Å². The smallest absolute Gasteiger partial charge is 0.320 e. The van der Waals surface area contributed by atoms with Crippen molar-refractivity contribution in [3.05, 3.63) is 23.9 Å². The van der Waals surface area contributed by atoms with Crippen LogP contribution in [-0.2, 0) is 11.3 Å². The molecular weight excluding hydrogens is 220 g/mol. The third-order valence-corrected chi connectivity index (χ3v) is 2.47. The summed E-state index contributed by atoms with van der Waals surface area (Å²) in [6.07, 6.45) is 1.67. The van der Waals surface area contributed by atoms with Crippen LogP contribution in [0.1, 0.15) is 19.4 Å². The molecule has 5 nitrogen and oxygen atoms in total. The summed E-state index contributed by atoms with van der Waals surface area (Å²) >= 11 is 0. The zero-order valence-electron chi connectivity index (χ0n) is 10.3. The van der Waals surface area contributed by atoms with Crippen molar-refractivity contribution in [2.75, 3.05) is 7.11 Å². The van der Waals surface area contributed by atoms with Gasteiger partial charge in [0.05, 0.1) is 7.11 Å². The van der Waals surface area contributed by atoms with Gasteiger partial charge in [0.1, 0.15) is 6.04 Å². The lowest BCUT2D eigenvalue weighted by Gasteiger charge is -2.17. The summed E-state index contributed by atoms with van der Waals surface area (Å²) in [5, 5.41) is 12.0. The number of hydrogen-bond acceptors (Lipinski definition) is 4. The van der Waals surface area contributed by atoms with Crippen molar-refractivity contribution in [1.29, 1.82) is 0 Å². The number of nitrogens with one attached hydrogen (secondary N) is 1. The van der Waals surface area contributed by atoms with Crippen LogP contribution < -0.4 is 10.1 Å². The Bertz CT molecular complexity index is 363. The quantitative estimate of drug-likeness (QED) is 0.781. The Kier molecular flexibility index (Phi) is 4.90. The Hall–Kier alpha value is -1.62. The molecule has 17 heavy (non-hydrogen) atoms. The van der Waals surface area contributed by atoms with E-state index in [1.807, 2.05) is 19.9 Å². The van der Waals surface area contributed by atoms with E-state index >= 15 is 0 Å². The Labute approximate surface area is 101 Å². The van der Waals surface area contributed by atoms with Gasteiger partial charge >= 0.3 is 5.97 Å². The van der Waals surface area contributed by atoms with E-state index in [9.17, 15) is 4.79 Å². The van der Waals surface area contributed by atoms with Gasteiger partial charge in [-0.1, -0.05) is 19.9 Å². The Balaban J connectivity index is 2.56. The lowest BCUT2D eigenvalue weighted by molar-refractivity contribution is -0.140. The molecule has 0 spiro atoms. The second kappa shape index (κ2) is 6.20. The second-order valence-electron chi connectivity index (χ2n) is 4.15. The van der Waals surface area contributed by atoms with Crippen molar-refractivity contribution in [2.45, 2.75) is 26.4 Å². The maximum atomic E-state index is 11.0. The van der Waals surface area contributed by atoms with Gasteiger partial charge in [-0.15, -0.1) is 0 Å². The molecule has 2 N–H and O–H groups in total. The molecule has 0 amide bonds. The predicted molar refractivity (Wildman–Crippen MR) is 63.9 cm³/mol. The number of rotatable bonds is 6. The zero-order chi connectivity index (χ0) is 12.8. The molecule has 1 aromatic rings. The van der Waals surface area contributed by atoms with Gasteiger partial charge < -0.3 is 15.2 Å². The third-order valence-electron chi connectivity index (χ3n) is 2.47. The number of carboxylic acids is 1. The molecule has 94 valence electrons. The highest BCUT2D eigenvalue weighted by Crippen LogP contribution is 2.08. The molecule has 0 bridgehead atoms. The number of aliphatic carboxylic acids is 1. The zero-order valence-corrected chi connectivity index (χ0v) is 10.3. The summed E-state index contributed by atoms with van der Waals surface area (Å²) in [6, 6.07) is 3.07. The van der Waals surface area contributed by atoms with Gasteiger partial charge in [0, 0.05) is 18.8 Å². The van der Waals surface area contributed by atoms with Crippen molar-refractivity contribution in [2.24, 2.45) is 5.92 Å². The number of ether oxygens (including phenoxy) is 1. The fraction of sp³-hybridized carbons (Fsp3) is 0.500. The van der Waals surface area contributed by atoms with Crippen molar-refractivity contribution in [3.63, 3.8) is 0 Å². The summed E-state index contributed by atoms with van der Waals surface area (Å²) in [4.78, 5) is 15.0. The number of methoxy groups -OCH3 is 1. The Morgan fingerprint density at radius 3 is 2.65 bits per heavy atom. The molecule has 1 unspecified atom stereocenters. The van der Waals surface area contributed by atoms with E-state index in [-0.39, 0.29) is 5.92 Å². The first-order chi connectivity index (χ1) is 8.04. The van der Waals surface area contributed by atoms with Crippen LogP contribution in [0.5, 0.6) is 5.88 Å². The topological polar surface area (TPSA) is 71.5 Å². The number of hydrogen-bond donors (Lipinski definition) is 2. The molecular formula is C12H18N2O3. The van der Waals surface area contributed by atoms with Crippen LogP contribution in [0.25, 0.3) is 0 Å². The molecule has 1 rings (SSSR count). The Morgan fingerprint density at radius 2 is 2.24 bits per heavy atom. The van der Waals surface area contributed by atoms with E-state index in [0.717, 1.165) is 5.56 Å². The van der Waals surface area contributed by atoms with Crippen LogP contribution in [0.15, 0.2) is 18.3 Å². The van der Waals surface area contributed by atoms with Crippen LogP contribution >= 0.6 is 0 Å². The van der Waals surface area contributed by atoms with E-state index in [4.69, 9.17) is 9.84 Å². The monoisotopic (exact) mass is 238 g/mol. The number of nitrogens with zero attached hydrogens (tertiary/aromatic N) is 1. The Morgan fingerprint density at radius 1 is 1.53 bits per heavy atom. The van der Waals surface area contributed by atoms with Crippen LogP contribution in [0.2, 0.25) is 0 Å². The average Bonchev–Trinajstić information content (AvgIpc) is 2.29. The summed E-state index contributed by atoms with van der Waals surface area (Å²) in [6.45, 7) is 4.22. The molecule has 0 fully saturated rings. The van der Waals surface area contributed by atoms with Gasteiger partial charge in [-0.2, -0.15) is 0 Å². The average molecular weight is 238 g/mol. The minimum atomic E-state index is -0.832. The first-order valence-electron chi connectivity index (χ1n) is 5.49. The second-order valence-corrected chi connectivity index (χ2v) is 4.15. The van der Waals surface area contributed by atoms with Gasteiger partial charge in [-0.3, -0.25) is 4.79 Å². The molecule has 5 heteroatoms. The van der Waals surface area contributed by atoms with Gasteiger partial charge in [-0.25, -0.2) is 4.98 Å². The lowest BCUT2D eigenvalue weighted by Crippen LogP contribution is -2.40. The fourth-order valence-corrected chi connectivity index (χ4v) is 1.47. The van der Waals surface area contributed by atoms with Gasteiger partial charge in [0.2, 0.25) is 5.88 Å². The molecule has 0 aromatic carbocycles. The highest BCUT2D eigenvalue weighted by atomic mass is 16.5. The standard InChI is InChI=1S/C12H18N2O3/c1-8(2)11(12(15)16)14-7-9-4-5-10(17-3)13-6-9/h4-6,8,11,14H,7H2,1-3H3,(H,15,16). The summed E-state index contributed by atoms with van der Waals surface area (Å²) < 4.78 is 4.95. The molecule has 1 aromatic heterocycles. The molecule has 0 saturated carbocycles. The maximum Gasteiger partial charge on any atom is 0.320 e. The van der Waals surface area contributed by atoms with Crippen molar-refractivity contribution in [3.8, 4) is 5.88 Å². The summed E-state index contributed by atoms with van der Waals surface area (Å²) in [7, 11) is 1.56. The molecule has 0 aliphatic heterocycles. The molecule has 0 aliphatic rings. The first-order valence-corrected chi connectivity index (χ1v) is 5.49. The minimum Gasteiger partial charge on any atom is -0.481 e. The number of carboxylic acid groups (broad SMARTS) is 1. The van der Waals surface area contributed by atoms with Crippen LogP contribution in [0, 0.1) is 5.92 Å². The molecule has 1 heterocycles. The van der Waals surface area contributed by atoms with Crippen molar-refractivity contribution < 1.29 is 14.6 Å². The molecule has 0 radical (unpaired) electrons. The van der Waals surface area contributed by atoms with Crippen molar-refractivity contribution in [1.82, 2.24) is 10.3 Å². The number of aromatic nitrogens is 1. The first kappa shape index (κ1) is 13.4. The SMILES string of the molecule is COc1ccc(CNC(C(=O)O)C(C)C)cn1. The fourth-order valence-electron chi connectivity index (χ4n) is 1.47. The highest BCUT2D eigenvalue weighted by molar-refractivity contribution is 5.73.